The Hall–Kier alpha value is -1.65. The maximum Gasteiger partial charge on any atom is 0.324 e. The first-order chi connectivity index (χ1) is 15.6. The Morgan fingerprint density at radius 3 is 2.24 bits per heavy atom. The van der Waals surface area contributed by atoms with Crippen molar-refractivity contribution in [3.8, 4) is 0 Å². The van der Waals surface area contributed by atoms with Gasteiger partial charge in [0.05, 0.1) is 0 Å². The van der Waals surface area contributed by atoms with Gasteiger partial charge in [0.15, 0.2) is 5.78 Å². The third-order valence-electron chi connectivity index (χ3n) is 9.84. The van der Waals surface area contributed by atoms with Gasteiger partial charge in [-0.1, -0.05) is 19.4 Å². The molecule has 0 aromatic rings. The number of hydrogen-bond donors (Lipinski definition) is 1. The number of allylic oxidation sites excluding steroid dienone is 1. The number of carbonyl (C=O) groups is 3. The van der Waals surface area contributed by atoms with Crippen LogP contribution >= 0.6 is 0 Å². The Bertz CT molecular complexity index is 907. The number of fused-ring (bicyclic) bond motifs is 5. The van der Waals surface area contributed by atoms with E-state index in [0.29, 0.717) is 30.0 Å². The molecule has 1 unspecified atom stereocenters. The zero-order valence-electron chi connectivity index (χ0n) is 22.7. The molecule has 0 spiro atoms. The number of nitrogens with one attached hydrogen (secondary N) is 1. The molecule has 0 bridgehead atoms. The van der Waals surface area contributed by atoms with Crippen molar-refractivity contribution in [2.24, 2.45) is 34.5 Å². The molecule has 3 fully saturated rings. The minimum Gasteiger partial charge on any atom is -0.333 e. The van der Waals surface area contributed by atoms with E-state index in [0.717, 1.165) is 44.9 Å². The van der Waals surface area contributed by atoms with E-state index in [1.807, 2.05) is 47.6 Å². The van der Waals surface area contributed by atoms with Crippen LogP contribution in [0.3, 0.4) is 0 Å². The second-order valence-electron chi connectivity index (χ2n) is 14.2. The summed E-state index contributed by atoms with van der Waals surface area (Å²) in [5.41, 5.74) is 0.489. The van der Waals surface area contributed by atoms with Gasteiger partial charge in [0.1, 0.15) is 0 Å². The summed E-state index contributed by atoms with van der Waals surface area (Å²) in [5, 5.41) is 3.03. The number of carbonyl (C=O) groups excluding carboxylic acids is 3. The summed E-state index contributed by atoms with van der Waals surface area (Å²) >= 11 is 0. The molecule has 1 N–H and O–H groups in total. The van der Waals surface area contributed by atoms with Gasteiger partial charge < -0.3 is 5.32 Å². The van der Waals surface area contributed by atoms with Gasteiger partial charge in [-0.2, -0.15) is 0 Å². The number of hydrogen-bond acceptors (Lipinski definition) is 3. The largest absolute Gasteiger partial charge is 0.333 e. The third kappa shape index (κ3) is 4.15. The molecular weight excluding hydrogens is 424 g/mol. The number of rotatable bonds is 1. The van der Waals surface area contributed by atoms with Crippen molar-refractivity contribution in [1.29, 1.82) is 0 Å². The molecule has 0 aliphatic heterocycles. The van der Waals surface area contributed by atoms with Crippen LogP contribution in [0.2, 0.25) is 0 Å². The van der Waals surface area contributed by atoms with Gasteiger partial charge in [-0.25, -0.2) is 4.79 Å². The minimum absolute atomic E-state index is 0.00330. The lowest BCUT2D eigenvalue weighted by Crippen LogP contribution is -2.60. The smallest absolute Gasteiger partial charge is 0.324 e. The monoisotopic (exact) mass is 470 g/mol. The van der Waals surface area contributed by atoms with Crippen LogP contribution in [0.25, 0.3) is 0 Å². The van der Waals surface area contributed by atoms with Crippen LogP contribution in [0.15, 0.2) is 11.6 Å². The van der Waals surface area contributed by atoms with Gasteiger partial charge >= 0.3 is 6.03 Å². The summed E-state index contributed by atoms with van der Waals surface area (Å²) < 4.78 is 0. The van der Waals surface area contributed by atoms with Crippen molar-refractivity contribution in [2.45, 2.75) is 118 Å². The second kappa shape index (κ2) is 8.20. The summed E-state index contributed by atoms with van der Waals surface area (Å²) in [7, 11) is 0. The highest BCUT2D eigenvalue weighted by Crippen LogP contribution is 2.66. The van der Waals surface area contributed by atoms with E-state index in [4.69, 9.17) is 0 Å². The number of amides is 3. The molecule has 0 aromatic carbocycles. The summed E-state index contributed by atoms with van der Waals surface area (Å²) in [6, 6.07) is -0.280. The van der Waals surface area contributed by atoms with Crippen molar-refractivity contribution in [1.82, 2.24) is 10.2 Å². The summed E-state index contributed by atoms with van der Waals surface area (Å²) in [6.07, 6.45) is 9.87. The van der Waals surface area contributed by atoms with Crippen LogP contribution in [0.1, 0.15) is 107 Å². The molecule has 5 heteroatoms. The normalized spacial score (nSPS) is 37.8. The highest BCUT2D eigenvalue weighted by Gasteiger charge is 2.61. The van der Waals surface area contributed by atoms with Crippen LogP contribution < -0.4 is 5.32 Å². The molecule has 4 aliphatic carbocycles. The number of nitrogens with zero attached hydrogens (tertiary/aromatic N) is 1. The SMILES string of the molecule is CC(C)(C)NC(=O)N(C(=O)C1CC[C@H]2[C@@H]3CCC4=CC(=O)CC[C@]4(C)[C@@H]3CC[C@]12C)C(C)(C)C. The van der Waals surface area contributed by atoms with Gasteiger partial charge in [-0.3, -0.25) is 14.5 Å². The summed E-state index contributed by atoms with van der Waals surface area (Å²) in [6.45, 7) is 16.5. The van der Waals surface area contributed by atoms with Crippen LogP contribution in [-0.4, -0.2) is 33.7 Å². The Labute approximate surface area is 206 Å². The Kier molecular flexibility index (Phi) is 6.13. The third-order valence-corrected chi connectivity index (χ3v) is 9.84. The summed E-state index contributed by atoms with van der Waals surface area (Å²) in [5.74, 6) is 1.93. The second-order valence-corrected chi connectivity index (χ2v) is 14.2. The maximum absolute atomic E-state index is 14.1. The number of imide groups is 1. The molecule has 4 aliphatic rings. The van der Waals surface area contributed by atoms with Gasteiger partial charge in [-0.05, 0) is 121 Å². The first-order valence-corrected chi connectivity index (χ1v) is 13.5. The van der Waals surface area contributed by atoms with Crippen LogP contribution in [0, 0.1) is 34.5 Å². The van der Waals surface area contributed by atoms with Crippen LogP contribution in [0.5, 0.6) is 0 Å². The van der Waals surface area contributed by atoms with E-state index in [-0.39, 0.29) is 28.7 Å². The first kappa shape index (κ1) is 25.4. The van der Waals surface area contributed by atoms with Crippen molar-refractivity contribution >= 4 is 17.7 Å². The number of urea groups is 1. The molecule has 3 saturated carbocycles. The molecule has 5 nitrogen and oxygen atoms in total. The van der Waals surface area contributed by atoms with Crippen LogP contribution in [0.4, 0.5) is 4.79 Å². The molecule has 0 aromatic heterocycles. The lowest BCUT2D eigenvalue weighted by atomic mass is 9.47. The van der Waals surface area contributed by atoms with E-state index in [1.54, 1.807) is 0 Å². The Morgan fingerprint density at radius 1 is 0.941 bits per heavy atom. The van der Waals surface area contributed by atoms with Crippen molar-refractivity contribution in [3.05, 3.63) is 11.6 Å². The lowest BCUT2D eigenvalue weighted by molar-refractivity contribution is -0.143. The molecular formula is C29H46N2O3. The molecule has 0 saturated heterocycles. The van der Waals surface area contributed by atoms with Gasteiger partial charge in [0, 0.05) is 23.4 Å². The van der Waals surface area contributed by atoms with Gasteiger partial charge in [0.25, 0.3) is 0 Å². The van der Waals surface area contributed by atoms with E-state index >= 15 is 0 Å². The van der Waals surface area contributed by atoms with Crippen molar-refractivity contribution < 1.29 is 14.4 Å². The van der Waals surface area contributed by atoms with E-state index in [9.17, 15) is 14.4 Å². The zero-order valence-corrected chi connectivity index (χ0v) is 22.7. The summed E-state index contributed by atoms with van der Waals surface area (Å²) in [4.78, 5) is 41.0. The predicted octanol–water partition coefficient (Wildman–Crippen LogP) is 6.27. The average Bonchev–Trinajstić information content (AvgIpc) is 3.03. The van der Waals surface area contributed by atoms with Gasteiger partial charge in [0.2, 0.25) is 5.91 Å². The van der Waals surface area contributed by atoms with E-state index in [2.05, 4.69) is 19.2 Å². The Balaban J connectivity index is 1.60. The highest BCUT2D eigenvalue weighted by molar-refractivity contribution is 5.97. The zero-order chi connectivity index (χ0) is 25.3. The fourth-order valence-electron chi connectivity index (χ4n) is 8.23. The van der Waals surface area contributed by atoms with E-state index < -0.39 is 11.1 Å². The van der Waals surface area contributed by atoms with E-state index in [1.165, 1.54) is 10.5 Å². The molecule has 0 radical (unpaired) electrons. The molecule has 0 heterocycles. The lowest BCUT2D eigenvalue weighted by Gasteiger charge is -2.58. The number of ketones is 1. The quantitative estimate of drug-likeness (QED) is 0.491. The average molecular weight is 471 g/mol. The maximum atomic E-state index is 14.1. The highest BCUT2D eigenvalue weighted by atomic mass is 16.2. The van der Waals surface area contributed by atoms with Crippen molar-refractivity contribution in [2.75, 3.05) is 0 Å². The molecule has 190 valence electrons. The molecule has 6 atom stereocenters. The molecule has 3 amide bonds. The van der Waals surface area contributed by atoms with Crippen molar-refractivity contribution in [3.63, 3.8) is 0 Å². The fraction of sp³-hybridized carbons (Fsp3) is 0.828. The molecule has 34 heavy (non-hydrogen) atoms. The first-order valence-electron chi connectivity index (χ1n) is 13.5. The van der Waals surface area contributed by atoms with Gasteiger partial charge in [-0.15, -0.1) is 0 Å². The minimum atomic E-state index is -0.579. The molecule has 4 rings (SSSR count). The fourth-order valence-corrected chi connectivity index (χ4v) is 8.23. The topological polar surface area (TPSA) is 66.5 Å². The Morgan fingerprint density at radius 2 is 1.62 bits per heavy atom. The standard InChI is InChI=1S/C29H46N2O3/c1-26(2,3)30-25(34)31(27(4,5)6)24(33)23-12-11-21-20-10-9-18-17-19(32)13-15-28(18,7)22(20)14-16-29(21,23)8/h17,20-23H,9-16H2,1-8H3,(H,30,34)/t20-,21-,22+,23?,28-,29-/m0/s1. The predicted molar refractivity (Wildman–Crippen MR) is 135 cm³/mol. The van der Waals surface area contributed by atoms with Crippen LogP contribution in [-0.2, 0) is 9.59 Å².